The molecule has 1 spiro atoms. The van der Waals surface area contributed by atoms with Gasteiger partial charge in [-0.2, -0.15) is 0 Å². The molecule has 39 heavy (non-hydrogen) atoms. The van der Waals surface area contributed by atoms with Crippen LogP contribution in [0.25, 0.3) is 0 Å². The number of aliphatic hydroxyl groups is 1. The first-order chi connectivity index (χ1) is 18.1. The highest BCUT2D eigenvalue weighted by molar-refractivity contribution is 9.09. The van der Waals surface area contributed by atoms with Crippen molar-refractivity contribution in [3.8, 4) is 0 Å². The first-order valence-electron chi connectivity index (χ1n) is 14.1. The highest BCUT2D eigenvalue weighted by Crippen LogP contribution is 2.68. The molecular weight excluding hydrogens is 580 g/mol. The Morgan fingerprint density at radius 2 is 1.92 bits per heavy atom. The fourth-order valence-corrected chi connectivity index (χ4v) is 10.9. The fourth-order valence-electron chi connectivity index (χ4n) is 7.33. The summed E-state index contributed by atoms with van der Waals surface area (Å²) in [5.41, 5.74) is -0.559. The topological polar surface area (TPSA) is 87.2 Å². The number of esters is 1. The largest absolute Gasteiger partial charge is 0.461 e. The van der Waals surface area contributed by atoms with Crippen molar-refractivity contribution >= 4 is 45.5 Å². The minimum Gasteiger partial charge on any atom is -0.461 e. The van der Waals surface area contributed by atoms with E-state index in [-0.39, 0.29) is 46.4 Å². The number of fused-ring (bicyclic) bond motifs is 1. The molecule has 3 aliphatic rings. The Kier molecular flexibility index (Phi) is 9.81. The molecule has 3 unspecified atom stereocenters. The maximum Gasteiger partial charge on any atom is 0.311 e. The SMILES string of the molecule is C=CCOC(=O)[C@H]1[C@@H]2SC3(CC2Br)C(C(=O)N(CC=C)C(C)(C)CC(C)(C)C)N([C@@H](CO)[C@@H](C)CC)C(=O)[C@H]13. The van der Waals surface area contributed by atoms with Gasteiger partial charge in [0, 0.05) is 22.2 Å². The minimum atomic E-state index is -0.812. The summed E-state index contributed by atoms with van der Waals surface area (Å²) in [6.07, 6.45) is 5.32. The van der Waals surface area contributed by atoms with Crippen LogP contribution in [-0.2, 0) is 19.1 Å². The monoisotopic (exact) mass is 626 g/mol. The van der Waals surface area contributed by atoms with Crippen molar-refractivity contribution in [2.75, 3.05) is 19.8 Å². The molecule has 0 aromatic rings. The van der Waals surface area contributed by atoms with E-state index in [2.05, 4.69) is 63.7 Å². The molecule has 3 rings (SSSR count). The van der Waals surface area contributed by atoms with E-state index in [4.69, 9.17) is 4.74 Å². The third-order valence-electron chi connectivity index (χ3n) is 8.69. The lowest BCUT2D eigenvalue weighted by Crippen LogP contribution is -2.62. The zero-order chi connectivity index (χ0) is 29.5. The number of carbonyl (C=O) groups excluding carboxylic acids is 3. The maximum atomic E-state index is 14.9. The van der Waals surface area contributed by atoms with Gasteiger partial charge in [-0.15, -0.1) is 18.3 Å². The van der Waals surface area contributed by atoms with Gasteiger partial charge in [-0.3, -0.25) is 14.4 Å². The van der Waals surface area contributed by atoms with Gasteiger partial charge in [-0.05, 0) is 38.0 Å². The van der Waals surface area contributed by atoms with Crippen molar-refractivity contribution in [1.29, 1.82) is 0 Å². The van der Waals surface area contributed by atoms with Gasteiger partial charge in [-0.25, -0.2) is 0 Å². The van der Waals surface area contributed by atoms with Crippen LogP contribution in [0.15, 0.2) is 25.3 Å². The molecule has 8 atom stereocenters. The number of carbonyl (C=O) groups is 3. The maximum absolute atomic E-state index is 14.9. The molecule has 7 nitrogen and oxygen atoms in total. The smallest absolute Gasteiger partial charge is 0.311 e. The number of rotatable bonds is 12. The van der Waals surface area contributed by atoms with Crippen LogP contribution in [0.5, 0.6) is 0 Å². The third-order valence-corrected chi connectivity index (χ3v) is 11.9. The van der Waals surface area contributed by atoms with Gasteiger partial charge in [0.25, 0.3) is 0 Å². The van der Waals surface area contributed by atoms with Crippen molar-refractivity contribution in [2.45, 2.75) is 100 Å². The van der Waals surface area contributed by atoms with Crippen LogP contribution in [0.2, 0.25) is 0 Å². The van der Waals surface area contributed by atoms with Gasteiger partial charge in [0.15, 0.2) is 0 Å². The van der Waals surface area contributed by atoms with Crippen LogP contribution >= 0.6 is 27.7 Å². The molecule has 0 aromatic carbocycles. The molecule has 3 fully saturated rings. The lowest BCUT2D eigenvalue weighted by Gasteiger charge is -2.47. The number of amides is 2. The number of hydrogen-bond donors (Lipinski definition) is 1. The van der Waals surface area contributed by atoms with Gasteiger partial charge >= 0.3 is 5.97 Å². The standard InChI is InChI=1S/C30H47BrN2O5S/c1-10-13-32(29(8,9)17-28(5,6)7)26(36)24-30-15-19(31)23(39-30)21(27(37)38-14-11-2)22(30)25(35)33(24)20(16-34)18(4)12-3/h10-11,18-24,34H,1-2,12-17H2,3-9H3/t18-,19?,20-,21+,22-,23+,24?,30?/m0/s1. The van der Waals surface area contributed by atoms with E-state index in [9.17, 15) is 19.5 Å². The van der Waals surface area contributed by atoms with Gasteiger partial charge in [-0.1, -0.05) is 75.7 Å². The molecule has 3 aliphatic heterocycles. The first-order valence-corrected chi connectivity index (χ1v) is 15.9. The van der Waals surface area contributed by atoms with Gasteiger partial charge in [0.1, 0.15) is 12.6 Å². The molecule has 2 bridgehead atoms. The number of hydrogen-bond acceptors (Lipinski definition) is 6. The number of alkyl halides is 1. The van der Waals surface area contributed by atoms with Crippen molar-refractivity contribution < 1.29 is 24.2 Å². The molecule has 0 saturated carbocycles. The van der Waals surface area contributed by atoms with Crippen LogP contribution in [0.3, 0.4) is 0 Å². The molecule has 220 valence electrons. The molecule has 9 heteroatoms. The summed E-state index contributed by atoms with van der Waals surface area (Å²) >= 11 is 5.38. The zero-order valence-electron chi connectivity index (χ0n) is 24.6. The second-order valence-electron chi connectivity index (χ2n) is 13.3. The molecule has 3 saturated heterocycles. The molecule has 0 aliphatic carbocycles. The highest BCUT2D eigenvalue weighted by Gasteiger charge is 2.77. The summed E-state index contributed by atoms with van der Waals surface area (Å²) in [6, 6.07) is -1.35. The number of halogens is 1. The number of ether oxygens (including phenoxy) is 1. The number of nitrogens with zero attached hydrogens (tertiary/aromatic N) is 2. The summed E-state index contributed by atoms with van der Waals surface area (Å²) in [6.45, 7) is 22.3. The Balaban J connectivity index is 2.18. The van der Waals surface area contributed by atoms with Crippen LogP contribution in [0, 0.1) is 23.2 Å². The number of thioether (sulfide) groups is 1. The van der Waals surface area contributed by atoms with E-state index in [1.54, 1.807) is 22.7 Å². The third kappa shape index (κ3) is 5.74. The molecule has 3 heterocycles. The van der Waals surface area contributed by atoms with Crippen molar-refractivity contribution in [3.05, 3.63) is 25.3 Å². The fraction of sp³-hybridized carbons (Fsp3) is 0.767. The van der Waals surface area contributed by atoms with Crippen molar-refractivity contribution in [3.63, 3.8) is 0 Å². The van der Waals surface area contributed by atoms with Crippen LogP contribution in [0.1, 0.15) is 67.7 Å². The number of likely N-dealkylation sites (tertiary alicyclic amines) is 1. The van der Waals surface area contributed by atoms with Crippen molar-refractivity contribution in [1.82, 2.24) is 9.80 Å². The predicted octanol–water partition coefficient (Wildman–Crippen LogP) is 4.82. The first kappa shape index (κ1) is 32.2. The van der Waals surface area contributed by atoms with E-state index in [0.29, 0.717) is 13.0 Å². The average Bonchev–Trinajstić information content (AvgIpc) is 3.43. The van der Waals surface area contributed by atoms with E-state index in [1.807, 2.05) is 18.7 Å². The lowest BCUT2D eigenvalue weighted by molar-refractivity contribution is -0.154. The average molecular weight is 628 g/mol. The molecule has 1 N–H and O–H groups in total. The van der Waals surface area contributed by atoms with Gasteiger partial charge < -0.3 is 19.6 Å². The number of aliphatic hydroxyl groups excluding tert-OH is 1. The van der Waals surface area contributed by atoms with E-state index in [1.165, 1.54) is 6.08 Å². The highest BCUT2D eigenvalue weighted by atomic mass is 79.9. The zero-order valence-corrected chi connectivity index (χ0v) is 27.0. The van der Waals surface area contributed by atoms with E-state index < -0.39 is 40.2 Å². The Bertz CT molecular complexity index is 981. The Hall–Kier alpha value is -1.32. The van der Waals surface area contributed by atoms with Gasteiger partial charge in [0.2, 0.25) is 11.8 Å². The Morgan fingerprint density at radius 1 is 1.28 bits per heavy atom. The molecule has 2 amide bonds. The van der Waals surface area contributed by atoms with Crippen molar-refractivity contribution in [2.24, 2.45) is 23.2 Å². The summed E-state index contributed by atoms with van der Waals surface area (Å²) in [4.78, 5) is 46.1. The quantitative estimate of drug-likeness (QED) is 0.190. The van der Waals surface area contributed by atoms with Crippen LogP contribution in [-0.4, -0.2) is 84.9 Å². The summed E-state index contributed by atoms with van der Waals surface area (Å²) < 4.78 is 4.69. The molecule has 0 radical (unpaired) electrons. The molecular formula is C30H47BrN2O5S. The van der Waals surface area contributed by atoms with Crippen LogP contribution < -0.4 is 0 Å². The Morgan fingerprint density at radius 3 is 2.44 bits per heavy atom. The summed E-state index contributed by atoms with van der Waals surface area (Å²) in [7, 11) is 0. The Labute approximate surface area is 247 Å². The normalized spacial score (nSPS) is 31.6. The minimum absolute atomic E-state index is 0.0342. The predicted molar refractivity (Wildman–Crippen MR) is 161 cm³/mol. The second-order valence-corrected chi connectivity index (χ2v) is 16.0. The summed E-state index contributed by atoms with van der Waals surface area (Å²) in [5, 5.41) is 10.4. The van der Waals surface area contributed by atoms with E-state index >= 15 is 0 Å². The van der Waals surface area contributed by atoms with Gasteiger partial charge in [0.05, 0.1) is 29.2 Å². The lowest BCUT2D eigenvalue weighted by atomic mass is 9.70. The van der Waals surface area contributed by atoms with Crippen LogP contribution in [0.4, 0.5) is 0 Å². The van der Waals surface area contributed by atoms with E-state index in [0.717, 1.165) is 12.8 Å². The second kappa shape index (κ2) is 11.9. The summed E-state index contributed by atoms with van der Waals surface area (Å²) in [5.74, 6) is -2.20. The molecule has 0 aromatic heterocycles.